The Labute approximate surface area is 203 Å². The number of alkyl halides is 3. The van der Waals surface area contributed by atoms with Gasteiger partial charge in [0.25, 0.3) is 0 Å². The Kier molecular flexibility index (Phi) is 7.30. The van der Waals surface area contributed by atoms with Gasteiger partial charge in [0.05, 0.1) is 29.8 Å². The van der Waals surface area contributed by atoms with E-state index in [0.29, 0.717) is 28.8 Å². The van der Waals surface area contributed by atoms with E-state index in [2.05, 4.69) is 26.1 Å². The molecule has 0 spiro atoms. The number of nitrogens with one attached hydrogen (secondary N) is 1. The van der Waals surface area contributed by atoms with Crippen molar-refractivity contribution in [1.29, 1.82) is 0 Å². The van der Waals surface area contributed by atoms with Crippen molar-refractivity contribution in [2.24, 2.45) is 0 Å². The van der Waals surface area contributed by atoms with E-state index in [1.807, 2.05) is 12.1 Å². The molecule has 4 rings (SSSR count). The van der Waals surface area contributed by atoms with Crippen LogP contribution in [0.15, 0.2) is 46.9 Å². The van der Waals surface area contributed by atoms with E-state index in [1.165, 1.54) is 0 Å². The fourth-order valence-electron chi connectivity index (χ4n) is 4.38. The molecule has 34 heavy (non-hydrogen) atoms. The molecule has 9 heteroatoms. The zero-order valence-corrected chi connectivity index (χ0v) is 20.1. The molecule has 5 nitrogen and oxygen atoms in total. The van der Waals surface area contributed by atoms with E-state index in [9.17, 15) is 18.0 Å². The van der Waals surface area contributed by atoms with Gasteiger partial charge in [-0.1, -0.05) is 30.3 Å². The van der Waals surface area contributed by atoms with Gasteiger partial charge in [0.1, 0.15) is 11.4 Å². The number of hydrogen-bond acceptors (Lipinski definition) is 4. The number of nitrogens with zero attached hydrogens (tertiary/aromatic N) is 1. The molecule has 1 aliphatic carbocycles. The van der Waals surface area contributed by atoms with Gasteiger partial charge in [-0.15, -0.1) is 0 Å². The molecule has 2 aromatic carbocycles. The van der Waals surface area contributed by atoms with Gasteiger partial charge in [-0.25, -0.2) is 0 Å². The fraction of sp³-hybridized carbons (Fsp3) is 0.360. The summed E-state index contributed by atoms with van der Waals surface area (Å²) in [4.78, 5) is 11.9. The van der Waals surface area contributed by atoms with Gasteiger partial charge in [-0.2, -0.15) is 18.3 Å². The molecule has 1 aliphatic rings. The smallest absolute Gasteiger partial charge is 0.433 e. The first-order valence-corrected chi connectivity index (χ1v) is 11.9. The highest BCUT2D eigenvalue weighted by molar-refractivity contribution is 9.10. The van der Waals surface area contributed by atoms with Crippen LogP contribution in [0.25, 0.3) is 11.3 Å². The molecule has 0 unspecified atom stereocenters. The minimum atomic E-state index is -4.54. The van der Waals surface area contributed by atoms with Gasteiger partial charge in [0, 0.05) is 17.5 Å². The van der Waals surface area contributed by atoms with Crippen LogP contribution in [0.4, 0.5) is 13.2 Å². The molecule has 0 saturated heterocycles. The van der Waals surface area contributed by atoms with Crippen LogP contribution in [0.5, 0.6) is 5.75 Å². The number of aromatic amines is 1. The van der Waals surface area contributed by atoms with Crippen molar-refractivity contribution in [3.63, 3.8) is 0 Å². The number of esters is 1. The topological polar surface area (TPSA) is 64.2 Å². The first-order valence-electron chi connectivity index (χ1n) is 11.1. The van der Waals surface area contributed by atoms with Gasteiger partial charge in [-0.3, -0.25) is 9.89 Å². The molecule has 1 N–H and O–H groups in total. The SMILES string of the molecule is CCOC(=O)C[C@@H]1CCc2cc(OCCc3c(-c4ccccc4)n[nH]c3C(F)(F)F)c(Br)cc21. The van der Waals surface area contributed by atoms with Crippen LogP contribution in [0.3, 0.4) is 0 Å². The second-order valence-electron chi connectivity index (χ2n) is 8.11. The average molecular weight is 537 g/mol. The lowest BCUT2D eigenvalue weighted by Gasteiger charge is -2.14. The summed E-state index contributed by atoms with van der Waals surface area (Å²) < 4.78 is 52.4. The molecule has 1 heterocycles. The number of aromatic nitrogens is 2. The van der Waals surface area contributed by atoms with E-state index in [-0.39, 0.29) is 36.2 Å². The molecular weight excluding hydrogens is 513 g/mol. The third-order valence-electron chi connectivity index (χ3n) is 5.92. The predicted octanol–water partition coefficient (Wildman–Crippen LogP) is 6.46. The highest BCUT2D eigenvalue weighted by Crippen LogP contribution is 2.41. The average Bonchev–Trinajstić information content (AvgIpc) is 3.39. The summed E-state index contributed by atoms with van der Waals surface area (Å²) in [5.41, 5.74) is 2.25. The Balaban J connectivity index is 1.49. The molecule has 1 aromatic heterocycles. The number of hydrogen-bond donors (Lipinski definition) is 1. The summed E-state index contributed by atoms with van der Waals surface area (Å²) in [5, 5.41) is 6.10. The first kappa shape index (κ1) is 24.3. The maximum Gasteiger partial charge on any atom is 0.433 e. The van der Waals surface area contributed by atoms with Crippen LogP contribution in [0.1, 0.15) is 48.1 Å². The quantitative estimate of drug-likeness (QED) is 0.335. The summed E-state index contributed by atoms with van der Waals surface area (Å²) in [7, 11) is 0. The molecule has 0 bridgehead atoms. The Morgan fingerprint density at radius 2 is 2.00 bits per heavy atom. The van der Waals surface area contributed by atoms with Gasteiger partial charge in [-0.05, 0) is 64.9 Å². The van der Waals surface area contributed by atoms with Crippen molar-refractivity contribution in [2.75, 3.05) is 13.2 Å². The Morgan fingerprint density at radius 1 is 1.24 bits per heavy atom. The third-order valence-corrected chi connectivity index (χ3v) is 6.54. The summed E-state index contributed by atoms with van der Waals surface area (Å²) >= 11 is 3.51. The molecular formula is C25H24BrF3N2O3. The lowest BCUT2D eigenvalue weighted by atomic mass is 9.98. The molecule has 0 amide bonds. The molecule has 0 fully saturated rings. The number of rotatable bonds is 8. The van der Waals surface area contributed by atoms with E-state index >= 15 is 0 Å². The molecule has 0 saturated carbocycles. The Bertz CT molecular complexity index is 1160. The standard InChI is InChI=1S/C25H24BrF3N2O3/c1-2-33-22(32)13-17-9-8-16-12-21(20(26)14-19(16)17)34-11-10-18-23(15-6-4-3-5-7-15)30-31-24(18)25(27,28)29/h3-7,12,14,17H,2,8-11,13H2,1H3,(H,30,31)/t17-/m0/s1. The van der Waals surface area contributed by atoms with Crippen molar-refractivity contribution >= 4 is 21.9 Å². The van der Waals surface area contributed by atoms with Gasteiger partial charge in [0.15, 0.2) is 0 Å². The van der Waals surface area contributed by atoms with E-state index in [4.69, 9.17) is 9.47 Å². The normalized spacial score (nSPS) is 15.3. The number of H-pyrrole nitrogens is 1. The third kappa shape index (κ3) is 5.29. The monoisotopic (exact) mass is 536 g/mol. The second kappa shape index (κ2) is 10.2. The predicted molar refractivity (Wildman–Crippen MR) is 125 cm³/mol. The zero-order chi connectivity index (χ0) is 24.3. The highest BCUT2D eigenvalue weighted by atomic mass is 79.9. The van der Waals surface area contributed by atoms with Gasteiger partial charge >= 0.3 is 12.1 Å². The number of fused-ring (bicyclic) bond motifs is 1. The van der Waals surface area contributed by atoms with Crippen molar-refractivity contribution < 1.29 is 27.4 Å². The van der Waals surface area contributed by atoms with Crippen molar-refractivity contribution in [3.8, 4) is 17.0 Å². The molecule has 1 atom stereocenters. The highest BCUT2D eigenvalue weighted by Gasteiger charge is 2.37. The lowest BCUT2D eigenvalue weighted by molar-refractivity contribution is -0.143. The fourth-order valence-corrected chi connectivity index (χ4v) is 4.85. The molecule has 0 radical (unpaired) electrons. The largest absolute Gasteiger partial charge is 0.492 e. The van der Waals surface area contributed by atoms with Crippen LogP contribution < -0.4 is 4.74 Å². The number of benzene rings is 2. The van der Waals surface area contributed by atoms with Crippen LogP contribution in [0, 0.1) is 0 Å². The lowest BCUT2D eigenvalue weighted by Crippen LogP contribution is -2.12. The van der Waals surface area contributed by atoms with Crippen LogP contribution in [-0.2, 0) is 28.5 Å². The maximum absolute atomic E-state index is 13.6. The van der Waals surface area contributed by atoms with Gasteiger partial charge in [0.2, 0.25) is 0 Å². The second-order valence-corrected chi connectivity index (χ2v) is 8.97. The number of carbonyl (C=O) groups is 1. The van der Waals surface area contributed by atoms with E-state index in [1.54, 1.807) is 37.3 Å². The summed E-state index contributed by atoms with van der Waals surface area (Å²) in [6.45, 7) is 2.18. The minimum Gasteiger partial charge on any atom is -0.492 e. The maximum atomic E-state index is 13.6. The minimum absolute atomic E-state index is 0.0323. The van der Waals surface area contributed by atoms with Gasteiger partial charge < -0.3 is 9.47 Å². The summed E-state index contributed by atoms with van der Waals surface area (Å²) in [5.74, 6) is 0.438. The Morgan fingerprint density at radius 3 is 2.71 bits per heavy atom. The Hall–Kier alpha value is -2.81. The number of aryl methyl sites for hydroxylation is 1. The van der Waals surface area contributed by atoms with E-state index in [0.717, 1.165) is 24.0 Å². The van der Waals surface area contributed by atoms with Crippen molar-refractivity contribution in [3.05, 3.63) is 69.3 Å². The number of carbonyl (C=O) groups excluding carboxylic acids is 1. The van der Waals surface area contributed by atoms with Crippen LogP contribution in [0.2, 0.25) is 0 Å². The van der Waals surface area contributed by atoms with Crippen LogP contribution >= 0.6 is 15.9 Å². The first-order chi connectivity index (χ1) is 16.3. The van der Waals surface area contributed by atoms with Crippen molar-refractivity contribution in [2.45, 2.75) is 44.7 Å². The zero-order valence-electron chi connectivity index (χ0n) is 18.5. The number of ether oxygens (including phenoxy) is 2. The molecule has 180 valence electrons. The number of halogens is 4. The van der Waals surface area contributed by atoms with Crippen LogP contribution in [-0.4, -0.2) is 29.4 Å². The molecule has 0 aliphatic heterocycles. The molecule has 3 aromatic rings. The summed E-state index contributed by atoms with van der Waals surface area (Å²) in [6.07, 6.45) is -2.53. The van der Waals surface area contributed by atoms with E-state index < -0.39 is 11.9 Å². The van der Waals surface area contributed by atoms with Crippen molar-refractivity contribution in [1.82, 2.24) is 10.2 Å². The summed E-state index contributed by atoms with van der Waals surface area (Å²) in [6, 6.07) is 12.6.